The maximum absolute atomic E-state index is 12.1. The number of furan rings is 1. The van der Waals surface area contributed by atoms with Crippen molar-refractivity contribution >= 4 is 17.7 Å². The Morgan fingerprint density at radius 2 is 2.12 bits per heavy atom. The summed E-state index contributed by atoms with van der Waals surface area (Å²) in [6.45, 7) is 2.09. The highest BCUT2D eigenvalue weighted by molar-refractivity contribution is 7.98. The van der Waals surface area contributed by atoms with Gasteiger partial charge in [0, 0.05) is 18.8 Å². The summed E-state index contributed by atoms with van der Waals surface area (Å²) in [7, 11) is 0. The minimum Gasteiger partial charge on any atom is -0.455 e. The van der Waals surface area contributed by atoms with Gasteiger partial charge in [-0.2, -0.15) is 4.98 Å². The third kappa shape index (κ3) is 4.19. The van der Waals surface area contributed by atoms with E-state index in [1.54, 1.807) is 30.6 Å². The van der Waals surface area contributed by atoms with E-state index in [-0.39, 0.29) is 18.2 Å². The zero-order valence-corrected chi connectivity index (χ0v) is 13.7. The largest absolute Gasteiger partial charge is 0.455 e. The van der Waals surface area contributed by atoms with Gasteiger partial charge in [-0.3, -0.25) is 4.79 Å². The second-order valence-corrected chi connectivity index (χ2v) is 5.67. The van der Waals surface area contributed by atoms with Gasteiger partial charge in [-0.05, 0) is 18.2 Å². The first-order chi connectivity index (χ1) is 11.7. The second kappa shape index (κ2) is 7.73. The van der Waals surface area contributed by atoms with E-state index in [1.807, 2.05) is 6.92 Å². The molecule has 0 bridgehead atoms. The first kappa shape index (κ1) is 16.2. The third-order valence-electron chi connectivity index (χ3n) is 3.00. The molecule has 0 unspecified atom stereocenters. The minimum absolute atomic E-state index is 0.161. The Morgan fingerprint density at radius 1 is 1.29 bits per heavy atom. The molecule has 3 aromatic heterocycles. The molecular weight excluding hydrogens is 330 g/mol. The molecule has 0 saturated carbocycles. The number of rotatable bonds is 7. The molecule has 0 saturated heterocycles. The van der Waals surface area contributed by atoms with E-state index in [0.717, 1.165) is 0 Å². The smallest absolute Gasteiger partial charge is 0.287 e. The maximum atomic E-state index is 12.1. The van der Waals surface area contributed by atoms with Crippen molar-refractivity contribution < 1.29 is 13.7 Å². The Balaban J connectivity index is 1.51. The van der Waals surface area contributed by atoms with E-state index >= 15 is 0 Å². The molecule has 124 valence electrons. The van der Waals surface area contributed by atoms with E-state index in [2.05, 4.69) is 25.4 Å². The van der Waals surface area contributed by atoms with E-state index in [9.17, 15) is 4.79 Å². The topological polar surface area (TPSA) is 107 Å². The number of nitrogens with zero attached hydrogens (tertiary/aromatic N) is 4. The summed E-state index contributed by atoms with van der Waals surface area (Å²) >= 11 is 1.43. The quantitative estimate of drug-likeness (QED) is 0.513. The van der Waals surface area contributed by atoms with Crippen LogP contribution in [0.15, 0.2) is 44.7 Å². The number of aryl methyl sites for hydroxylation is 1. The van der Waals surface area contributed by atoms with Crippen molar-refractivity contribution in [2.75, 3.05) is 0 Å². The summed E-state index contributed by atoms with van der Waals surface area (Å²) < 4.78 is 10.5. The van der Waals surface area contributed by atoms with Crippen molar-refractivity contribution in [1.29, 1.82) is 0 Å². The molecule has 1 N–H and O–H groups in total. The molecule has 0 spiro atoms. The lowest BCUT2D eigenvalue weighted by atomic mass is 10.4. The van der Waals surface area contributed by atoms with Crippen LogP contribution in [-0.4, -0.2) is 26.0 Å². The molecule has 0 radical (unpaired) electrons. The van der Waals surface area contributed by atoms with Gasteiger partial charge >= 0.3 is 0 Å². The first-order valence-corrected chi connectivity index (χ1v) is 8.31. The summed E-state index contributed by atoms with van der Waals surface area (Å²) in [5, 5.41) is 7.10. The molecule has 0 aliphatic heterocycles. The van der Waals surface area contributed by atoms with Gasteiger partial charge in [0.2, 0.25) is 5.89 Å². The van der Waals surface area contributed by atoms with Crippen molar-refractivity contribution in [3.63, 3.8) is 0 Å². The Hall–Kier alpha value is -2.68. The fraction of sp³-hybridized carbons (Fsp3) is 0.267. The van der Waals surface area contributed by atoms with E-state index in [0.29, 0.717) is 34.8 Å². The second-order valence-electron chi connectivity index (χ2n) is 4.73. The number of carbonyl (C=O) groups is 1. The van der Waals surface area contributed by atoms with Crippen LogP contribution in [0.4, 0.5) is 0 Å². The molecule has 0 aliphatic rings. The Kier molecular flexibility index (Phi) is 5.22. The monoisotopic (exact) mass is 345 g/mol. The zero-order valence-electron chi connectivity index (χ0n) is 12.9. The summed E-state index contributed by atoms with van der Waals surface area (Å²) in [6.07, 6.45) is 4.04. The fourth-order valence-corrected chi connectivity index (χ4v) is 2.52. The van der Waals surface area contributed by atoms with Crippen molar-refractivity contribution in [3.05, 3.63) is 53.8 Å². The standard InChI is InChI=1S/C15H15N5O3S/c1-2-12-19-13(23-20-12)8-18-14(21)11-5-4-10(22-11)9-24-15-16-6-3-7-17-15/h3-7H,2,8-9H2,1H3,(H,18,21). The normalized spacial score (nSPS) is 10.7. The molecule has 3 rings (SSSR count). The van der Waals surface area contributed by atoms with Crippen molar-refractivity contribution in [2.45, 2.75) is 30.8 Å². The Labute approximate surface area is 142 Å². The lowest BCUT2D eigenvalue weighted by Crippen LogP contribution is -2.22. The summed E-state index contributed by atoms with van der Waals surface area (Å²) in [5.74, 6) is 2.08. The van der Waals surface area contributed by atoms with Crippen molar-refractivity contribution in [1.82, 2.24) is 25.4 Å². The van der Waals surface area contributed by atoms with Gasteiger partial charge in [-0.15, -0.1) is 0 Å². The Morgan fingerprint density at radius 3 is 2.88 bits per heavy atom. The number of thioether (sulfide) groups is 1. The lowest BCUT2D eigenvalue weighted by molar-refractivity contribution is 0.0917. The molecular formula is C15H15N5O3S. The average Bonchev–Trinajstić information content (AvgIpc) is 3.28. The molecule has 0 atom stereocenters. The number of hydrogen-bond acceptors (Lipinski definition) is 8. The number of hydrogen-bond donors (Lipinski definition) is 1. The van der Waals surface area contributed by atoms with Crippen LogP contribution in [-0.2, 0) is 18.7 Å². The maximum Gasteiger partial charge on any atom is 0.287 e. The van der Waals surface area contributed by atoms with Crippen LogP contribution in [0, 0.1) is 0 Å². The number of aromatic nitrogens is 4. The number of carbonyl (C=O) groups excluding carboxylic acids is 1. The van der Waals surface area contributed by atoms with E-state index in [1.165, 1.54) is 11.8 Å². The van der Waals surface area contributed by atoms with Crippen LogP contribution in [0.3, 0.4) is 0 Å². The van der Waals surface area contributed by atoms with Crippen LogP contribution >= 0.6 is 11.8 Å². The highest BCUT2D eigenvalue weighted by Crippen LogP contribution is 2.20. The van der Waals surface area contributed by atoms with Crippen molar-refractivity contribution in [2.24, 2.45) is 0 Å². The molecule has 0 aromatic carbocycles. The third-order valence-corrected chi connectivity index (χ3v) is 3.90. The molecule has 0 aliphatic carbocycles. The summed E-state index contributed by atoms with van der Waals surface area (Å²) in [6, 6.07) is 5.14. The summed E-state index contributed by atoms with van der Waals surface area (Å²) in [5.41, 5.74) is 0. The van der Waals surface area contributed by atoms with Gasteiger partial charge in [0.15, 0.2) is 16.7 Å². The molecule has 9 heteroatoms. The Bertz CT molecular complexity index is 802. The van der Waals surface area contributed by atoms with Gasteiger partial charge in [-0.25, -0.2) is 9.97 Å². The molecule has 8 nitrogen and oxygen atoms in total. The van der Waals surface area contributed by atoms with Crippen LogP contribution in [0.2, 0.25) is 0 Å². The SMILES string of the molecule is CCc1noc(CNC(=O)c2ccc(CSc3ncccn3)o2)n1. The highest BCUT2D eigenvalue weighted by atomic mass is 32.2. The molecule has 1 amide bonds. The lowest BCUT2D eigenvalue weighted by Gasteiger charge is -1.99. The predicted molar refractivity (Wildman–Crippen MR) is 85.1 cm³/mol. The summed E-state index contributed by atoms with van der Waals surface area (Å²) in [4.78, 5) is 24.4. The van der Waals surface area contributed by atoms with Crippen LogP contribution in [0.5, 0.6) is 0 Å². The molecule has 3 aromatic rings. The fourth-order valence-electron chi connectivity index (χ4n) is 1.82. The van der Waals surface area contributed by atoms with Gasteiger partial charge in [-0.1, -0.05) is 23.8 Å². The van der Waals surface area contributed by atoms with Crippen LogP contribution in [0.1, 0.15) is 35.0 Å². The highest BCUT2D eigenvalue weighted by Gasteiger charge is 2.13. The van der Waals surface area contributed by atoms with Gasteiger partial charge < -0.3 is 14.3 Å². The van der Waals surface area contributed by atoms with Crippen LogP contribution in [0.25, 0.3) is 0 Å². The number of nitrogens with one attached hydrogen (secondary N) is 1. The number of amides is 1. The average molecular weight is 345 g/mol. The first-order valence-electron chi connectivity index (χ1n) is 7.32. The van der Waals surface area contributed by atoms with Gasteiger partial charge in [0.25, 0.3) is 5.91 Å². The minimum atomic E-state index is -0.335. The van der Waals surface area contributed by atoms with Crippen molar-refractivity contribution in [3.8, 4) is 0 Å². The molecule has 24 heavy (non-hydrogen) atoms. The molecule has 3 heterocycles. The van der Waals surface area contributed by atoms with Gasteiger partial charge in [0.1, 0.15) is 5.76 Å². The van der Waals surface area contributed by atoms with Gasteiger partial charge in [0.05, 0.1) is 12.3 Å². The molecule has 0 fully saturated rings. The van der Waals surface area contributed by atoms with Crippen LogP contribution < -0.4 is 5.32 Å². The zero-order chi connectivity index (χ0) is 16.8. The van der Waals surface area contributed by atoms with E-state index < -0.39 is 0 Å². The van der Waals surface area contributed by atoms with E-state index in [4.69, 9.17) is 8.94 Å². The predicted octanol–water partition coefficient (Wildman–Crippen LogP) is 2.24.